The van der Waals surface area contributed by atoms with E-state index in [1.807, 2.05) is 0 Å². The van der Waals surface area contributed by atoms with Gasteiger partial charge in [-0.1, -0.05) is 6.42 Å². The van der Waals surface area contributed by atoms with Gasteiger partial charge in [0.1, 0.15) is 11.5 Å². The van der Waals surface area contributed by atoms with Gasteiger partial charge >= 0.3 is 6.36 Å². The molecule has 1 aliphatic heterocycles. The van der Waals surface area contributed by atoms with Gasteiger partial charge in [-0.15, -0.1) is 24.8 Å². The van der Waals surface area contributed by atoms with Gasteiger partial charge in [0.25, 0.3) is 0 Å². The van der Waals surface area contributed by atoms with Crippen LogP contribution in [0.25, 0.3) is 0 Å². The zero-order chi connectivity index (χ0) is 17.9. The number of rotatable bonds is 2. The fourth-order valence-corrected chi connectivity index (χ4v) is 1.94. The second kappa shape index (κ2) is 11.2. The Balaban J connectivity index is 0.000000449. The molecule has 1 aromatic carbocycles. The van der Waals surface area contributed by atoms with Crippen molar-refractivity contribution in [3.8, 4) is 11.5 Å². The number of anilines is 1. The lowest BCUT2D eigenvalue weighted by atomic mass is 10.1. The van der Waals surface area contributed by atoms with Gasteiger partial charge in [0.15, 0.2) is 0 Å². The van der Waals surface area contributed by atoms with Crippen molar-refractivity contribution >= 4 is 17.3 Å². The van der Waals surface area contributed by atoms with Crippen molar-refractivity contribution in [3.05, 3.63) is 18.2 Å². The maximum Gasteiger partial charge on any atom is 0.573 e. The summed E-state index contributed by atoms with van der Waals surface area (Å²) in [7, 11) is 3.50. The second-order valence-corrected chi connectivity index (χ2v) is 4.82. The molecule has 2 N–H and O–H groups in total. The first-order chi connectivity index (χ1) is 10.8. The van der Waals surface area contributed by atoms with Gasteiger partial charge in [-0.25, -0.2) is 0 Å². The van der Waals surface area contributed by atoms with Crippen LogP contribution in [0, 0.1) is 0 Å². The molecule has 8 heteroatoms. The summed E-state index contributed by atoms with van der Waals surface area (Å²) in [6.45, 7) is 2.64. The van der Waals surface area contributed by atoms with Gasteiger partial charge in [-0.2, -0.15) is 0 Å². The minimum atomic E-state index is -4.71. The molecule has 1 aliphatic rings. The zero-order valence-corrected chi connectivity index (χ0v) is 14.4. The lowest BCUT2D eigenvalue weighted by Crippen LogP contribution is -2.24. The Morgan fingerprint density at radius 2 is 1.70 bits per heavy atom. The van der Waals surface area contributed by atoms with Crippen molar-refractivity contribution in [1.82, 2.24) is 4.90 Å². The summed E-state index contributed by atoms with van der Waals surface area (Å²) >= 11 is 4.64. The summed E-state index contributed by atoms with van der Waals surface area (Å²) in [6.07, 6.45) is 1.04. The number of nitrogens with zero attached hydrogens (tertiary/aromatic N) is 1. The smallest absolute Gasteiger partial charge is 0.494 e. The van der Waals surface area contributed by atoms with Gasteiger partial charge in [0.05, 0.1) is 12.8 Å². The SMILES string of the molecule is CCl.CN1CCCCC1.COc1cc(OC(F)(F)F)ccc1N. The van der Waals surface area contributed by atoms with Crippen molar-refractivity contribution < 1.29 is 22.6 Å². The Bertz CT molecular complexity index is 439. The van der Waals surface area contributed by atoms with Gasteiger partial charge in [0.2, 0.25) is 0 Å². The highest BCUT2D eigenvalue weighted by Gasteiger charge is 2.31. The van der Waals surface area contributed by atoms with Gasteiger partial charge in [-0.05, 0) is 45.1 Å². The number of hydrogen-bond acceptors (Lipinski definition) is 4. The molecule has 0 spiro atoms. The summed E-state index contributed by atoms with van der Waals surface area (Å²) in [5.74, 6) is -0.213. The highest BCUT2D eigenvalue weighted by Crippen LogP contribution is 2.29. The summed E-state index contributed by atoms with van der Waals surface area (Å²) in [4.78, 5) is 2.39. The fraction of sp³-hybridized carbons (Fsp3) is 0.600. The monoisotopic (exact) mass is 356 g/mol. The number of alkyl halides is 4. The quantitative estimate of drug-likeness (QED) is 0.639. The van der Waals surface area contributed by atoms with Crippen LogP contribution in [0.4, 0.5) is 18.9 Å². The van der Waals surface area contributed by atoms with E-state index in [2.05, 4.69) is 28.3 Å². The Hall–Kier alpha value is -1.34. The molecule has 0 radical (unpaired) electrons. The molecule has 1 heterocycles. The molecule has 0 saturated carbocycles. The van der Waals surface area contributed by atoms with E-state index >= 15 is 0 Å². The Labute approximate surface area is 140 Å². The molecule has 0 aromatic heterocycles. The molecule has 1 fully saturated rings. The highest BCUT2D eigenvalue weighted by molar-refractivity contribution is 6.15. The number of methoxy groups -OCH3 is 1. The topological polar surface area (TPSA) is 47.7 Å². The number of halogens is 4. The van der Waals surface area contributed by atoms with E-state index in [-0.39, 0.29) is 17.2 Å². The van der Waals surface area contributed by atoms with Crippen LogP contribution in [-0.2, 0) is 0 Å². The molecule has 0 atom stereocenters. The number of hydrogen-bond donors (Lipinski definition) is 1. The van der Waals surface area contributed by atoms with Crippen LogP contribution in [0.15, 0.2) is 18.2 Å². The number of likely N-dealkylation sites (tertiary alicyclic amines) is 1. The van der Waals surface area contributed by atoms with E-state index in [4.69, 9.17) is 10.5 Å². The van der Waals surface area contributed by atoms with Crippen molar-refractivity contribution in [2.75, 3.05) is 39.4 Å². The lowest BCUT2D eigenvalue weighted by molar-refractivity contribution is -0.274. The first-order valence-corrected chi connectivity index (χ1v) is 7.83. The third-order valence-electron chi connectivity index (χ3n) is 3.02. The summed E-state index contributed by atoms with van der Waals surface area (Å²) in [5, 5.41) is 0. The maximum atomic E-state index is 11.8. The minimum absolute atomic E-state index is 0.145. The number of nitrogens with two attached hydrogens (primary N) is 1. The predicted molar refractivity (Wildman–Crippen MR) is 87.2 cm³/mol. The molecule has 0 aliphatic carbocycles. The third kappa shape index (κ3) is 10.1. The van der Waals surface area contributed by atoms with E-state index < -0.39 is 6.36 Å². The predicted octanol–water partition coefficient (Wildman–Crippen LogP) is 4.13. The summed E-state index contributed by atoms with van der Waals surface area (Å²) in [6, 6.07) is 3.47. The molecule has 0 unspecified atom stereocenters. The van der Waals surface area contributed by atoms with Crippen LogP contribution < -0.4 is 15.2 Å². The van der Waals surface area contributed by atoms with E-state index in [9.17, 15) is 13.2 Å². The van der Waals surface area contributed by atoms with Crippen LogP contribution in [0.1, 0.15) is 19.3 Å². The second-order valence-electron chi connectivity index (χ2n) is 4.82. The highest BCUT2D eigenvalue weighted by atomic mass is 35.5. The Morgan fingerprint density at radius 1 is 1.13 bits per heavy atom. The largest absolute Gasteiger partial charge is 0.573 e. The Morgan fingerprint density at radius 3 is 2.09 bits per heavy atom. The molecular weight excluding hydrogens is 333 g/mol. The number of piperidine rings is 1. The third-order valence-corrected chi connectivity index (χ3v) is 3.02. The van der Waals surface area contributed by atoms with Crippen molar-refractivity contribution in [2.45, 2.75) is 25.6 Å². The standard InChI is InChI=1S/C8H8F3NO2.C6H13N.CH3Cl/c1-13-7-4-5(2-3-6(7)12)14-8(9,10)11;1-7-5-3-2-4-6-7;1-2/h2-4H,12H2,1H3;2-6H2,1H3;1H3. The molecule has 1 aromatic rings. The van der Waals surface area contributed by atoms with Crippen molar-refractivity contribution in [3.63, 3.8) is 0 Å². The van der Waals surface area contributed by atoms with Crippen LogP contribution in [0.5, 0.6) is 11.5 Å². The average Bonchev–Trinajstić information content (AvgIpc) is 2.51. The van der Waals surface area contributed by atoms with E-state index in [1.54, 1.807) is 0 Å². The van der Waals surface area contributed by atoms with E-state index in [0.717, 1.165) is 12.1 Å². The normalized spacial score (nSPS) is 14.7. The number of benzene rings is 1. The van der Waals surface area contributed by atoms with Crippen LogP contribution in [0.2, 0.25) is 0 Å². The van der Waals surface area contributed by atoms with Gasteiger partial charge in [0, 0.05) is 12.4 Å². The molecule has 1 saturated heterocycles. The van der Waals surface area contributed by atoms with E-state index in [0.29, 0.717) is 0 Å². The first-order valence-electron chi connectivity index (χ1n) is 7.07. The van der Waals surface area contributed by atoms with Crippen molar-refractivity contribution in [1.29, 1.82) is 0 Å². The molecule has 134 valence electrons. The Kier molecular flexibility index (Phi) is 10.6. The summed E-state index contributed by atoms with van der Waals surface area (Å²) in [5.41, 5.74) is 5.65. The summed E-state index contributed by atoms with van der Waals surface area (Å²) < 4.78 is 43.7. The molecule has 4 nitrogen and oxygen atoms in total. The number of nitrogen functional groups attached to an aromatic ring is 1. The minimum Gasteiger partial charge on any atom is -0.494 e. The maximum absolute atomic E-state index is 11.8. The van der Waals surface area contributed by atoms with Crippen LogP contribution in [0.3, 0.4) is 0 Å². The number of ether oxygens (including phenoxy) is 2. The molecule has 0 bridgehead atoms. The van der Waals surface area contributed by atoms with E-state index in [1.165, 1.54) is 51.9 Å². The van der Waals surface area contributed by atoms with Crippen molar-refractivity contribution in [2.24, 2.45) is 0 Å². The van der Waals surface area contributed by atoms with Gasteiger partial charge < -0.3 is 20.1 Å². The first kappa shape index (κ1) is 21.7. The molecule has 2 rings (SSSR count). The fourth-order valence-electron chi connectivity index (χ4n) is 1.94. The van der Waals surface area contributed by atoms with Crippen LogP contribution >= 0.6 is 11.6 Å². The molecular formula is C15H24ClF3N2O2. The zero-order valence-electron chi connectivity index (χ0n) is 13.6. The average molecular weight is 357 g/mol. The molecule has 0 amide bonds. The van der Waals surface area contributed by atoms with Gasteiger partial charge in [-0.3, -0.25) is 0 Å². The van der Waals surface area contributed by atoms with Crippen LogP contribution in [-0.4, -0.2) is 44.9 Å². The lowest BCUT2D eigenvalue weighted by Gasteiger charge is -2.20. The molecule has 23 heavy (non-hydrogen) atoms.